The largest absolute Gasteiger partial charge is 0.316 e. The summed E-state index contributed by atoms with van der Waals surface area (Å²) in [5, 5.41) is 4.91. The number of nitrogens with zero attached hydrogens (tertiary/aromatic N) is 2. The standard InChI is InChI=1S/C20H18N2O2S2.C19H13NO3S2.ClH/c1-21-13-15-11-18(16-7-3-2-4-8-16)22(14-15)26(23,24)20-12-17-9-5-6-10-19(17)25-20;21-13-14-10-17(15-6-2-1-3-7-15)20(12-14)25(22,23)19-11-16-8-4-5-9-18(16)24-19;/h2-12,14,21H,13H2,1H3;1-13H;1H. The zero-order valence-electron chi connectivity index (χ0n) is 27.6. The van der Waals surface area contributed by atoms with Crippen molar-refractivity contribution in [1.82, 2.24) is 13.3 Å². The lowest BCUT2D eigenvalue weighted by molar-refractivity contribution is 0.112. The highest BCUT2D eigenvalue weighted by atomic mass is 35.5. The van der Waals surface area contributed by atoms with Gasteiger partial charge in [-0.3, -0.25) is 4.79 Å². The Bertz CT molecular complexity index is 2650. The lowest BCUT2D eigenvalue weighted by Crippen LogP contribution is -2.12. The van der Waals surface area contributed by atoms with Gasteiger partial charge in [0.25, 0.3) is 20.0 Å². The van der Waals surface area contributed by atoms with Crippen LogP contribution in [-0.2, 0) is 26.6 Å². The lowest BCUT2D eigenvalue weighted by atomic mass is 10.1. The zero-order chi connectivity index (χ0) is 35.6. The molecule has 0 atom stereocenters. The van der Waals surface area contributed by atoms with Crippen LogP contribution in [-0.4, -0.2) is 38.1 Å². The Kier molecular flexibility index (Phi) is 11.0. The van der Waals surface area contributed by atoms with E-state index in [4.69, 9.17) is 0 Å². The van der Waals surface area contributed by atoms with Gasteiger partial charge in [-0.1, -0.05) is 97.1 Å². The first-order chi connectivity index (χ1) is 24.7. The molecule has 4 heterocycles. The van der Waals surface area contributed by atoms with E-state index in [1.165, 1.54) is 36.8 Å². The van der Waals surface area contributed by atoms with Crippen molar-refractivity contribution in [1.29, 1.82) is 0 Å². The molecule has 0 aliphatic carbocycles. The summed E-state index contributed by atoms with van der Waals surface area (Å²) in [6, 6.07) is 41.0. The molecular formula is C39H32ClN3O5S4. The highest BCUT2D eigenvalue weighted by Crippen LogP contribution is 2.35. The Labute approximate surface area is 316 Å². The fourth-order valence-corrected chi connectivity index (χ4v) is 11.5. The number of hydrogen-bond acceptors (Lipinski definition) is 8. The molecule has 8 nitrogen and oxygen atoms in total. The minimum atomic E-state index is -3.79. The van der Waals surface area contributed by atoms with Crippen LogP contribution in [0.2, 0.25) is 0 Å². The third-order valence-electron chi connectivity index (χ3n) is 8.14. The predicted molar refractivity (Wildman–Crippen MR) is 214 cm³/mol. The van der Waals surface area contributed by atoms with E-state index in [9.17, 15) is 21.6 Å². The van der Waals surface area contributed by atoms with Gasteiger partial charge in [-0.15, -0.1) is 35.1 Å². The van der Waals surface area contributed by atoms with Crippen LogP contribution in [0.4, 0.5) is 0 Å². The van der Waals surface area contributed by atoms with Gasteiger partial charge in [-0.2, -0.15) is 16.8 Å². The van der Waals surface area contributed by atoms with Gasteiger partial charge in [0.2, 0.25) is 0 Å². The minimum Gasteiger partial charge on any atom is -0.316 e. The Morgan fingerprint density at radius 3 is 1.50 bits per heavy atom. The Hall–Kier alpha value is -4.82. The van der Waals surface area contributed by atoms with E-state index in [2.05, 4.69) is 5.32 Å². The van der Waals surface area contributed by atoms with Gasteiger partial charge in [0.15, 0.2) is 6.29 Å². The summed E-state index contributed by atoms with van der Waals surface area (Å²) in [4.78, 5) is 11.2. The molecule has 0 aliphatic heterocycles. The molecule has 4 aromatic carbocycles. The molecule has 0 saturated heterocycles. The van der Waals surface area contributed by atoms with Crippen molar-refractivity contribution in [3.8, 4) is 22.5 Å². The molecule has 8 aromatic rings. The maximum atomic E-state index is 13.4. The number of nitrogens with one attached hydrogen (secondary N) is 1. The van der Waals surface area contributed by atoms with Gasteiger partial charge >= 0.3 is 0 Å². The quantitative estimate of drug-likeness (QED) is 0.146. The van der Waals surface area contributed by atoms with E-state index < -0.39 is 20.0 Å². The normalized spacial score (nSPS) is 11.6. The summed E-state index contributed by atoms with van der Waals surface area (Å²) in [6.07, 6.45) is 3.73. The Balaban J connectivity index is 0.000000175. The van der Waals surface area contributed by atoms with Gasteiger partial charge in [0.1, 0.15) is 8.42 Å². The number of halogens is 1. The molecule has 0 saturated carbocycles. The summed E-state index contributed by atoms with van der Waals surface area (Å²) in [7, 11) is -5.62. The van der Waals surface area contributed by atoms with Crippen molar-refractivity contribution in [2.75, 3.05) is 7.05 Å². The van der Waals surface area contributed by atoms with Crippen LogP contribution in [0.25, 0.3) is 42.7 Å². The van der Waals surface area contributed by atoms with Gasteiger partial charge in [-0.25, -0.2) is 7.94 Å². The molecule has 8 rings (SSSR count). The number of benzene rings is 4. The van der Waals surface area contributed by atoms with Crippen LogP contribution < -0.4 is 5.32 Å². The van der Waals surface area contributed by atoms with Crippen LogP contribution in [0.3, 0.4) is 0 Å². The van der Waals surface area contributed by atoms with Crippen LogP contribution >= 0.6 is 35.1 Å². The number of rotatable bonds is 9. The fourth-order valence-electron chi connectivity index (χ4n) is 5.73. The summed E-state index contributed by atoms with van der Waals surface area (Å²) in [5.41, 5.74) is 4.01. The predicted octanol–water partition coefficient (Wildman–Crippen LogP) is 9.17. The SMILES string of the molecule is CNCc1cc(-c2ccccc2)n(S(=O)(=O)c2cc3ccccc3s2)c1.Cl.O=Cc1cc(-c2ccccc2)n(S(=O)(=O)c2cc3ccccc3s2)c1. The van der Waals surface area contributed by atoms with Crippen molar-refractivity contribution in [3.63, 3.8) is 0 Å². The highest BCUT2D eigenvalue weighted by Gasteiger charge is 2.25. The maximum absolute atomic E-state index is 13.4. The van der Waals surface area contributed by atoms with Crippen LogP contribution in [0.1, 0.15) is 15.9 Å². The molecule has 0 spiro atoms. The molecule has 0 bridgehead atoms. The zero-order valence-corrected chi connectivity index (χ0v) is 31.7. The van der Waals surface area contributed by atoms with Crippen LogP contribution in [0, 0.1) is 0 Å². The second-order valence-electron chi connectivity index (χ2n) is 11.6. The molecule has 1 N–H and O–H groups in total. The molecular weight excluding hydrogens is 754 g/mol. The molecule has 0 aliphatic rings. The maximum Gasteiger partial charge on any atom is 0.277 e. The molecule has 264 valence electrons. The third-order valence-corrected chi connectivity index (χ3v) is 14.6. The molecule has 4 aromatic heterocycles. The third kappa shape index (κ3) is 7.26. The van der Waals surface area contributed by atoms with Crippen molar-refractivity contribution in [3.05, 3.63) is 157 Å². The van der Waals surface area contributed by atoms with Crippen molar-refractivity contribution in [2.24, 2.45) is 0 Å². The van der Waals surface area contributed by atoms with E-state index in [0.29, 0.717) is 34.0 Å². The van der Waals surface area contributed by atoms with E-state index in [0.717, 1.165) is 36.9 Å². The van der Waals surface area contributed by atoms with E-state index in [1.807, 2.05) is 122 Å². The first-order valence-corrected chi connectivity index (χ1v) is 20.3. The number of carbonyl (C=O) groups excluding carboxylic acids is 1. The minimum absolute atomic E-state index is 0. The van der Waals surface area contributed by atoms with E-state index in [1.54, 1.807) is 24.4 Å². The number of carbonyl (C=O) groups is 1. The van der Waals surface area contributed by atoms with Crippen molar-refractivity contribution >= 4 is 81.6 Å². The summed E-state index contributed by atoms with van der Waals surface area (Å²) < 4.78 is 58.2. The average molecular weight is 786 g/mol. The number of thiophene rings is 2. The first-order valence-electron chi connectivity index (χ1n) is 15.8. The number of hydrogen-bond donors (Lipinski definition) is 1. The van der Waals surface area contributed by atoms with Crippen molar-refractivity contribution < 1.29 is 21.6 Å². The van der Waals surface area contributed by atoms with Crippen LogP contribution in [0.5, 0.6) is 0 Å². The van der Waals surface area contributed by atoms with Gasteiger partial charge < -0.3 is 5.32 Å². The monoisotopic (exact) mass is 785 g/mol. The van der Waals surface area contributed by atoms with Crippen LogP contribution in [0.15, 0.2) is 154 Å². The Morgan fingerprint density at radius 1 is 0.596 bits per heavy atom. The second-order valence-corrected chi connectivity index (χ2v) is 17.8. The fraction of sp³-hybridized carbons (Fsp3) is 0.0513. The average Bonchev–Trinajstić information content (AvgIpc) is 3.97. The van der Waals surface area contributed by atoms with Gasteiger partial charge in [0.05, 0.1) is 11.4 Å². The van der Waals surface area contributed by atoms with E-state index in [-0.39, 0.29) is 16.6 Å². The second kappa shape index (κ2) is 15.4. The summed E-state index contributed by atoms with van der Waals surface area (Å²) in [6.45, 7) is 0.606. The topological polar surface area (TPSA) is 107 Å². The lowest BCUT2D eigenvalue weighted by Gasteiger charge is -2.09. The molecule has 0 amide bonds. The molecule has 0 unspecified atom stereocenters. The molecule has 0 radical (unpaired) electrons. The molecule has 0 fully saturated rings. The molecule has 52 heavy (non-hydrogen) atoms. The Morgan fingerprint density at radius 2 is 1.04 bits per heavy atom. The smallest absolute Gasteiger partial charge is 0.277 e. The number of aromatic nitrogens is 2. The van der Waals surface area contributed by atoms with Gasteiger partial charge in [-0.05, 0) is 70.9 Å². The number of fused-ring (bicyclic) bond motifs is 2. The summed E-state index contributed by atoms with van der Waals surface area (Å²) >= 11 is 2.52. The number of aldehydes is 1. The van der Waals surface area contributed by atoms with E-state index >= 15 is 0 Å². The highest BCUT2D eigenvalue weighted by molar-refractivity contribution is 7.92. The first kappa shape index (κ1) is 37.0. The van der Waals surface area contributed by atoms with Gasteiger partial charge in [0, 0.05) is 33.9 Å². The van der Waals surface area contributed by atoms with Crippen molar-refractivity contribution in [2.45, 2.75) is 15.0 Å². The summed E-state index contributed by atoms with van der Waals surface area (Å²) in [5.74, 6) is 0. The molecule has 13 heteroatoms.